The first-order chi connectivity index (χ1) is 7.29. The lowest BCUT2D eigenvalue weighted by molar-refractivity contribution is 0.173. The first-order valence-electron chi connectivity index (χ1n) is 6.51. The highest BCUT2D eigenvalue weighted by Crippen LogP contribution is 2.26. The SMILES string of the molecule is CCN(CCN1CCC(N)CC1)C1CC1. The van der Waals surface area contributed by atoms with Crippen LogP contribution in [0.2, 0.25) is 0 Å². The van der Waals surface area contributed by atoms with E-state index < -0.39 is 0 Å². The van der Waals surface area contributed by atoms with Crippen LogP contribution in [0.1, 0.15) is 32.6 Å². The second kappa shape index (κ2) is 5.28. The van der Waals surface area contributed by atoms with Crippen LogP contribution in [-0.4, -0.2) is 54.6 Å². The summed E-state index contributed by atoms with van der Waals surface area (Å²) in [5.74, 6) is 0. The molecule has 0 unspecified atom stereocenters. The summed E-state index contributed by atoms with van der Waals surface area (Å²) in [6.45, 7) is 8.43. The van der Waals surface area contributed by atoms with E-state index in [1.165, 1.54) is 58.4 Å². The second-order valence-corrected chi connectivity index (χ2v) is 5.04. The van der Waals surface area contributed by atoms with Crippen molar-refractivity contribution in [2.24, 2.45) is 5.73 Å². The average molecular weight is 211 g/mol. The molecular weight excluding hydrogens is 186 g/mol. The molecule has 2 N–H and O–H groups in total. The maximum Gasteiger partial charge on any atom is 0.0112 e. The molecule has 0 spiro atoms. The molecule has 0 radical (unpaired) electrons. The molecule has 2 aliphatic rings. The number of piperidine rings is 1. The molecule has 1 saturated carbocycles. The van der Waals surface area contributed by atoms with Gasteiger partial charge in [-0.15, -0.1) is 0 Å². The highest BCUT2D eigenvalue weighted by Gasteiger charge is 2.27. The second-order valence-electron chi connectivity index (χ2n) is 5.04. The number of hydrogen-bond acceptors (Lipinski definition) is 3. The molecule has 0 atom stereocenters. The van der Waals surface area contributed by atoms with Gasteiger partial charge in [0, 0.05) is 25.2 Å². The summed E-state index contributed by atoms with van der Waals surface area (Å²) >= 11 is 0. The van der Waals surface area contributed by atoms with Gasteiger partial charge in [-0.1, -0.05) is 6.92 Å². The fraction of sp³-hybridized carbons (Fsp3) is 1.00. The van der Waals surface area contributed by atoms with Gasteiger partial charge in [0.2, 0.25) is 0 Å². The standard InChI is InChI=1S/C12H25N3/c1-2-15(12-3-4-12)10-9-14-7-5-11(13)6-8-14/h11-12H,2-10,13H2,1H3. The predicted molar refractivity (Wildman–Crippen MR) is 63.9 cm³/mol. The summed E-state index contributed by atoms with van der Waals surface area (Å²) in [4.78, 5) is 5.21. The van der Waals surface area contributed by atoms with E-state index in [0.29, 0.717) is 6.04 Å². The van der Waals surface area contributed by atoms with Crippen molar-refractivity contribution in [1.29, 1.82) is 0 Å². The summed E-state index contributed by atoms with van der Waals surface area (Å²) < 4.78 is 0. The molecule has 0 aromatic carbocycles. The van der Waals surface area contributed by atoms with Gasteiger partial charge in [0.15, 0.2) is 0 Å². The van der Waals surface area contributed by atoms with Crippen LogP contribution >= 0.6 is 0 Å². The van der Waals surface area contributed by atoms with Crippen LogP contribution in [0.4, 0.5) is 0 Å². The van der Waals surface area contributed by atoms with Crippen molar-refractivity contribution < 1.29 is 0 Å². The van der Waals surface area contributed by atoms with Crippen LogP contribution in [0.5, 0.6) is 0 Å². The molecule has 2 fully saturated rings. The Morgan fingerprint density at radius 2 is 1.87 bits per heavy atom. The molecule has 15 heavy (non-hydrogen) atoms. The Kier molecular flexibility index (Phi) is 4.00. The maximum absolute atomic E-state index is 5.90. The third-order valence-electron chi connectivity index (χ3n) is 3.81. The highest BCUT2D eigenvalue weighted by atomic mass is 15.2. The van der Waals surface area contributed by atoms with Gasteiger partial charge in [-0.25, -0.2) is 0 Å². The van der Waals surface area contributed by atoms with Crippen LogP contribution in [0.25, 0.3) is 0 Å². The third-order valence-corrected chi connectivity index (χ3v) is 3.81. The smallest absolute Gasteiger partial charge is 0.0112 e. The largest absolute Gasteiger partial charge is 0.328 e. The first kappa shape index (κ1) is 11.4. The number of nitrogens with zero attached hydrogens (tertiary/aromatic N) is 2. The number of likely N-dealkylation sites (tertiary alicyclic amines) is 1. The van der Waals surface area contributed by atoms with Gasteiger partial charge in [0.05, 0.1) is 0 Å². The van der Waals surface area contributed by atoms with E-state index >= 15 is 0 Å². The molecule has 1 heterocycles. The molecule has 0 aromatic heterocycles. The molecule has 1 saturated heterocycles. The Morgan fingerprint density at radius 3 is 2.40 bits per heavy atom. The van der Waals surface area contributed by atoms with Crippen molar-refractivity contribution >= 4 is 0 Å². The molecule has 88 valence electrons. The molecule has 3 nitrogen and oxygen atoms in total. The van der Waals surface area contributed by atoms with Gasteiger partial charge in [0.25, 0.3) is 0 Å². The first-order valence-corrected chi connectivity index (χ1v) is 6.51. The molecule has 2 rings (SSSR count). The van der Waals surface area contributed by atoms with Gasteiger partial charge in [0.1, 0.15) is 0 Å². The van der Waals surface area contributed by atoms with E-state index in [0.717, 1.165) is 6.04 Å². The zero-order valence-corrected chi connectivity index (χ0v) is 9.99. The van der Waals surface area contributed by atoms with Crippen molar-refractivity contribution in [3.63, 3.8) is 0 Å². The Bertz CT molecular complexity index is 183. The Hall–Kier alpha value is -0.120. The Morgan fingerprint density at radius 1 is 1.20 bits per heavy atom. The normalized spacial score (nSPS) is 25.0. The fourth-order valence-electron chi connectivity index (χ4n) is 2.48. The number of likely N-dealkylation sites (N-methyl/N-ethyl adjacent to an activating group) is 1. The van der Waals surface area contributed by atoms with Gasteiger partial charge in [-0.2, -0.15) is 0 Å². The van der Waals surface area contributed by atoms with Gasteiger partial charge in [-0.05, 0) is 45.3 Å². The minimum Gasteiger partial charge on any atom is -0.328 e. The minimum absolute atomic E-state index is 0.465. The van der Waals surface area contributed by atoms with Crippen LogP contribution in [0.15, 0.2) is 0 Å². The van der Waals surface area contributed by atoms with E-state index in [2.05, 4.69) is 16.7 Å². The van der Waals surface area contributed by atoms with Crippen molar-refractivity contribution in [3.05, 3.63) is 0 Å². The summed E-state index contributed by atoms with van der Waals surface area (Å²) in [5.41, 5.74) is 5.90. The van der Waals surface area contributed by atoms with E-state index in [4.69, 9.17) is 5.73 Å². The van der Waals surface area contributed by atoms with Gasteiger partial charge < -0.3 is 10.6 Å². The average Bonchev–Trinajstić information content (AvgIpc) is 3.06. The van der Waals surface area contributed by atoms with Crippen LogP contribution in [-0.2, 0) is 0 Å². The summed E-state index contributed by atoms with van der Waals surface area (Å²) in [5, 5.41) is 0. The number of rotatable bonds is 5. The van der Waals surface area contributed by atoms with Crippen molar-refractivity contribution in [1.82, 2.24) is 9.80 Å². The van der Waals surface area contributed by atoms with E-state index in [9.17, 15) is 0 Å². The van der Waals surface area contributed by atoms with Gasteiger partial charge in [-0.3, -0.25) is 4.90 Å². The van der Waals surface area contributed by atoms with Crippen molar-refractivity contribution in [3.8, 4) is 0 Å². The third kappa shape index (κ3) is 3.44. The summed E-state index contributed by atoms with van der Waals surface area (Å²) in [6, 6.07) is 1.38. The number of nitrogens with two attached hydrogens (primary N) is 1. The molecular formula is C12H25N3. The summed E-state index contributed by atoms with van der Waals surface area (Å²) in [6.07, 6.45) is 5.24. The van der Waals surface area contributed by atoms with Crippen LogP contribution in [0, 0.1) is 0 Å². The Labute approximate surface area is 93.6 Å². The molecule has 3 heteroatoms. The highest BCUT2D eigenvalue weighted by molar-refractivity contribution is 4.84. The van der Waals surface area contributed by atoms with E-state index in [1.54, 1.807) is 0 Å². The lowest BCUT2D eigenvalue weighted by Gasteiger charge is -2.32. The van der Waals surface area contributed by atoms with Crippen molar-refractivity contribution in [2.75, 3.05) is 32.7 Å². The monoisotopic (exact) mass is 211 g/mol. The maximum atomic E-state index is 5.90. The van der Waals surface area contributed by atoms with Gasteiger partial charge >= 0.3 is 0 Å². The topological polar surface area (TPSA) is 32.5 Å². The lowest BCUT2D eigenvalue weighted by Crippen LogP contribution is -2.43. The molecule has 1 aliphatic heterocycles. The van der Waals surface area contributed by atoms with Crippen LogP contribution in [0.3, 0.4) is 0 Å². The predicted octanol–water partition coefficient (Wildman–Crippen LogP) is 0.894. The zero-order chi connectivity index (χ0) is 10.7. The molecule has 0 amide bonds. The lowest BCUT2D eigenvalue weighted by atomic mass is 10.1. The summed E-state index contributed by atoms with van der Waals surface area (Å²) in [7, 11) is 0. The van der Waals surface area contributed by atoms with E-state index in [1.807, 2.05) is 0 Å². The molecule has 0 bridgehead atoms. The van der Waals surface area contributed by atoms with E-state index in [-0.39, 0.29) is 0 Å². The quantitative estimate of drug-likeness (QED) is 0.733. The van der Waals surface area contributed by atoms with Crippen LogP contribution < -0.4 is 5.73 Å². The Balaban J connectivity index is 1.63. The minimum atomic E-state index is 0.465. The fourth-order valence-corrected chi connectivity index (χ4v) is 2.48. The van der Waals surface area contributed by atoms with Crippen molar-refractivity contribution in [2.45, 2.75) is 44.7 Å². The molecule has 1 aliphatic carbocycles. The molecule has 0 aromatic rings. The number of hydrogen-bond donors (Lipinski definition) is 1. The zero-order valence-electron chi connectivity index (χ0n) is 9.99.